The maximum atomic E-state index is 14.0. The van der Waals surface area contributed by atoms with E-state index >= 15 is 0 Å². The Morgan fingerprint density at radius 2 is 1.24 bits per heavy atom. The van der Waals surface area contributed by atoms with Gasteiger partial charge in [-0.2, -0.15) is 0 Å². The van der Waals surface area contributed by atoms with Crippen LogP contribution in [0.15, 0.2) is 97.1 Å². The minimum Gasteiger partial charge on any atom is -0.601 e. The Bertz CT molecular complexity index is 1430. The van der Waals surface area contributed by atoms with Crippen LogP contribution in [-0.4, -0.2) is 7.11 Å². The molecule has 0 unspecified atom stereocenters. The zero-order valence-corrected chi connectivity index (χ0v) is 19.4. The summed E-state index contributed by atoms with van der Waals surface area (Å²) in [6.45, 7) is 0.313. The number of rotatable bonds is 4. The summed E-state index contributed by atoms with van der Waals surface area (Å²) in [5.41, 5.74) is 2.70. The Labute approximate surface area is 198 Å². The van der Waals surface area contributed by atoms with Crippen molar-refractivity contribution in [3.8, 4) is 28.4 Å². The second kappa shape index (κ2) is 8.30. The van der Waals surface area contributed by atoms with Crippen molar-refractivity contribution in [3.63, 3.8) is 0 Å². The van der Waals surface area contributed by atoms with Crippen LogP contribution < -0.4 is 23.8 Å². The lowest BCUT2D eigenvalue weighted by Gasteiger charge is -2.26. The molecule has 5 nitrogen and oxygen atoms in total. The molecule has 1 N–H and O–H groups in total. The zero-order valence-electron chi connectivity index (χ0n) is 18.5. The molecule has 0 amide bonds. The molecule has 34 heavy (non-hydrogen) atoms. The highest BCUT2D eigenvalue weighted by atomic mass is 31.2. The Balaban J connectivity index is 1.49. The molecule has 0 fully saturated rings. The number of benzene rings is 5. The molecule has 1 heterocycles. The van der Waals surface area contributed by atoms with Crippen molar-refractivity contribution in [1.29, 1.82) is 0 Å². The summed E-state index contributed by atoms with van der Waals surface area (Å²) in [5, 5.41) is 7.23. The highest BCUT2D eigenvalue weighted by molar-refractivity contribution is 7.57. The van der Waals surface area contributed by atoms with Crippen LogP contribution in [0, 0.1) is 0 Å². The van der Waals surface area contributed by atoms with Gasteiger partial charge in [-0.25, -0.2) is 0 Å². The van der Waals surface area contributed by atoms with E-state index in [1.54, 1.807) is 7.11 Å². The lowest BCUT2D eigenvalue weighted by atomic mass is 9.92. The smallest absolute Gasteiger partial charge is 0.409 e. The summed E-state index contributed by atoms with van der Waals surface area (Å²) < 4.78 is 17.5. The van der Waals surface area contributed by atoms with Crippen LogP contribution in [0.4, 0.5) is 0 Å². The average Bonchev–Trinajstić information content (AvgIpc) is 3.01. The number of fused-ring (bicyclic) bond motifs is 7. The quantitative estimate of drug-likeness (QED) is 0.316. The van der Waals surface area contributed by atoms with Crippen molar-refractivity contribution in [2.45, 2.75) is 6.54 Å². The molecule has 168 valence electrons. The molecule has 0 aromatic heterocycles. The molecule has 0 aliphatic carbocycles. The molecule has 0 saturated heterocycles. The molecule has 0 radical (unpaired) electrons. The van der Waals surface area contributed by atoms with E-state index in [4.69, 9.17) is 13.8 Å². The zero-order chi connectivity index (χ0) is 23.1. The summed E-state index contributed by atoms with van der Waals surface area (Å²) in [5.74, 6) is 1.82. The standard InChI is InChI=1S/C28H22NO4P/c1-31-22-14-10-19(11-15-22)18-29-34(30)32-25-16-12-20-6-2-4-8-23(20)27(25)28-24-9-5-3-7-21(24)13-17-26(28)33-34/h2-17H,18H2,1H3,(H,29,30). The molecular weight excluding hydrogens is 445 g/mol. The first-order chi connectivity index (χ1) is 16.6. The third-order valence-electron chi connectivity index (χ3n) is 6.10. The largest absolute Gasteiger partial charge is 0.601 e. The molecule has 0 bridgehead atoms. The molecule has 0 spiro atoms. The van der Waals surface area contributed by atoms with Gasteiger partial charge in [0.15, 0.2) is 11.5 Å². The van der Waals surface area contributed by atoms with Gasteiger partial charge in [-0.05, 0) is 51.4 Å². The summed E-state index contributed by atoms with van der Waals surface area (Å²) >= 11 is 0. The SMILES string of the molecule is COc1ccc(CN[P+]2([O-])Oc3ccc4ccccc4c3-c3c(ccc4ccccc34)O2)cc1. The fraction of sp³-hybridized carbons (Fsp3) is 0.0714. The van der Waals surface area contributed by atoms with Gasteiger partial charge in [-0.1, -0.05) is 72.8 Å². The van der Waals surface area contributed by atoms with Gasteiger partial charge in [-0.15, -0.1) is 5.09 Å². The number of ether oxygens (including phenoxy) is 1. The molecule has 1 aliphatic heterocycles. The minimum atomic E-state index is -3.74. The lowest BCUT2D eigenvalue weighted by molar-refractivity contribution is -0.206. The highest BCUT2D eigenvalue weighted by Crippen LogP contribution is 2.58. The molecule has 5 aromatic rings. The van der Waals surface area contributed by atoms with Crippen molar-refractivity contribution < 1.29 is 18.7 Å². The maximum Gasteiger partial charge on any atom is 0.409 e. The average molecular weight is 467 g/mol. The van der Waals surface area contributed by atoms with Crippen LogP contribution in [0.5, 0.6) is 17.2 Å². The van der Waals surface area contributed by atoms with Crippen LogP contribution in [0.25, 0.3) is 32.7 Å². The van der Waals surface area contributed by atoms with E-state index in [0.717, 1.165) is 44.0 Å². The Hall–Kier alpha value is -3.63. The van der Waals surface area contributed by atoms with E-state index in [9.17, 15) is 4.89 Å². The molecule has 1 aliphatic rings. The van der Waals surface area contributed by atoms with E-state index in [2.05, 4.69) is 29.4 Å². The number of nitrogens with one attached hydrogen (secondary N) is 1. The Morgan fingerprint density at radius 3 is 1.76 bits per heavy atom. The van der Waals surface area contributed by atoms with E-state index in [1.807, 2.05) is 72.8 Å². The second-order valence-electron chi connectivity index (χ2n) is 8.18. The normalized spacial score (nSPS) is 13.9. The van der Waals surface area contributed by atoms with Gasteiger partial charge in [0.1, 0.15) is 5.75 Å². The summed E-state index contributed by atoms with van der Waals surface area (Å²) in [6, 6.07) is 31.5. The topological polar surface area (TPSA) is 62.8 Å². The fourth-order valence-electron chi connectivity index (χ4n) is 4.44. The second-order valence-corrected chi connectivity index (χ2v) is 9.86. The number of methoxy groups -OCH3 is 1. The lowest BCUT2D eigenvalue weighted by Crippen LogP contribution is -2.33. The van der Waals surface area contributed by atoms with Crippen molar-refractivity contribution in [2.75, 3.05) is 7.11 Å². The number of hydrogen-bond acceptors (Lipinski definition) is 5. The van der Waals surface area contributed by atoms with Crippen molar-refractivity contribution in [3.05, 3.63) is 103 Å². The van der Waals surface area contributed by atoms with Crippen LogP contribution >= 0.6 is 8.09 Å². The molecule has 0 atom stereocenters. The molecular formula is C28H22NO4P. The Kier molecular flexibility index (Phi) is 5.11. The molecule has 6 rings (SSSR count). The van der Waals surface area contributed by atoms with Crippen molar-refractivity contribution in [1.82, 2.24) is 5.09 Å². The Morgan fingerprint density at radius 1 is 0.706 bits per heavy atom. The van der Waals surface area contributed by atoms with Gasteiger partial charge in [0.2, 0.25) is 0 Å². The summed E-state index contributed by atoms with van der Waals surface area (Å²) in [4.78, 5) is 14.0. The fourth-order valence-corrected chi connectivity index (χ4v) is 5.81. The van der Waals surface area contributed by atoms with E-state index in [1.165, 1.54) is 0 Å². The van der Waals surface area contributed by atoms with Gasteiger partial charge in [0.25, 0.3) is 0 Å². The van der Waals surface area contributed by atoms with Gasteiger partial charge in [0, 0.05) is 11.1 Å². The van der Waals surface area contributed by atoms with Gasteiger partial charge in [0.05, 0.1) is 13.7 Å². The predicted molar refractivity (Wildman–Crippen MR) is 135 cm³/mol. The predicted octanol–water partition coefficient (Wildman–Crippen LogP) is 6.27. The third kappa shape index (κ3) is 3.64. The first-order valence-electron chi connectivity index (χ1n) is 11.0. The van der Waals surface area contributed by atoms with Crippen molar-refractivity contribution in [2.24, 2.45) is 0 Å². The number of hydrogen-bond donors (Lipinski definition) is 1. The minimum absolute atomic E-state index is 0.313. The van der Waals surface area contributed by atoms with Crippen LogP contribution in [0.3, 0.4) is 0 Å². The van der Waals surface area contributed by atoms with Crippen LogP contribution in [0.2, 0.25) is 0 Å². The van der Waals surface area contributed by atoms with E-state index in [-0.39, 0.29) is 0 Å². The van der Waals surface area contributed by atoms with Crippen LogP contribution in [0.1, 0.15) is 5.56 Å². The molecule has 0 saturated carbocycles. The monoisotopic (exact) mass is 467 g/mol. The molecule has 5 aromatic carbocycles. The first kappa shape index (κ1) is 20.9. The van der Waals surface area contributed by atoms with E-state index in [0.29, 0.717) is 18.0 Å². The summed E-state index contributed by atoms with van der Waals surface area (Å²) in [7, 11) is -2.12. The highest BCUT2D eigenvalue weighted by Gasteiger charge is 2.40. The summed E-state index contributed by atoms with van der Waals surface area (Å²) in [6.07, 6.45) is 0. The maximum absolute atomic E-state index is 14.0. The van der Waals surface area contributed by atoms with Gasteiger partial charge in [-0.3, -0.25) is 9.05 Å². The third-order valence-corrected chi connectivity index (χ3v) is 7.52. The van der Waals surface area contributed by atoms with Gasteiger partial charge >= 0.3 is 8.09 Å². The van der Waals surface area contributed by atoms with Crippen LogP contribution in [-0.2, 0) is 6.54 Å². The van der Waals surface area contributed by atoms with Crippen molar-refractivity contribution >= 4 is 29.6 Å². The first-order valence-corrected chi connectivity index (χ1v) is 12.6. The van der Waals surface area contributed by atoms with E-state index < -0.39 is 8.09 Å². The van der Waals surface area contributed by atoms with Gasteiger partial charge < -0.3 is 9.63 Å². The molecule has 6 heteroatoms.